The summed E-state index contributed by atoms with van der Waals surface area (Å²) in [6.45, 7) is 4.03. The average Bonchev–Trinajstić information content (AvgIpc) is 2.90. The van der Waals surface area contributed by atoms with Crippen molar-refractivity contribution in [1.82, 2.24) is 9.97 Å². The SMILES string of the molecule is Cc1ccc(-c2nc(-c3ccc(C)c[nH+]3)co2)nc1. The topological polar surface area (TPSA) is 53.1 Å². The lowest BCUT2D eigenvalue weighted by atomic mass is 10.2. The first-order valence-electron chi connectivity index (χ1n) is 6.09. The molecule has 94 valence electrons. The number of aryl methyl sites for hydroxylation is 2. The van der Waals surface area contributed by atoms with Crippen LogP contribution in [0.4, 0.5) is 0 Å². The molecule has 4 nitrogen and oxygen atoms in total. The minimum Gasteiger partial charge on any atom is -0.442 e. The maximum Gasteiger partial charge on any atom is 0.245 e. The monoisotopic (exact) mass is 252 g/mol. The molecule has 3 aromatic heterocycles. The number of nitrogens with one attached hydrogen (secondary N) is 1. The minimum atomic E-state index is 0.531. The van der Waals surface area contributed by atoms with E-state index in [2.05, 4.69) is 15.0 Å². The van der Waals surface area contributed by atoms with Crippen molar-refractivity contribution < 1.29 is 9.40 Å². The van der Waals surface area contributed by atoms with E-state index in [9.17, 15) is 0 Å². The maximum absolute atomic E-state index is 5.48. The van der Waals surface area contributed by atoms with Crippen LogP contribution in [0.1, 0.15) is 11.1 Å². The molecule has 0 unspecified atom stereocenters. The third-order valence-corrected chi connectivity index (χ3v) is 2.88. The summed E-state index contributed by atoms with van der Waals surface area (Å²) in [5.41, 5.74) is 4.73. The molecule has 0 saturated heterocycles. The molecule has 0 spiro atoms. The number of rotatable bonds is 2. The molecule has 4 heteroatoms. The Morgan fingerprint density at radius 2 is 1.84 bits per heavy atom. The Hall–Kier alpha value is -2.49. The minimum absolute atomic E-state index is 0.531. The molecule has 0 aliphatic carbocycles. The molecule has 0 fully saturated rings. The summed E-state index contributed by atoms with van der Waals surface area (Å²) >= 11 is 0. The van der Waals surface area contributed by atoms with Gasteiger partial charge in [-0.05, 0) is 31.5 Å². The van der Waals surface area contributed by atoms with Gasteiger partial charge in [-0.3, -0.25) is 4.98 Å². The number of hydrogen-bond donors (Lipinski definition) is 0. The van der Waals surface area contributed by atoms with Gasteiger partial charge in [-0.2, -0.15) is 0 Å². The van der Waals surface area contributed by atoms with Gasteiger partial charge in [0.1, 0.15) is 12.0 Å². The Morgan fingerprint density at radius 3 is 2.53 bits per heavy atom. The Labute approximate surface area is 111 Å². The quantitative estimate of drug-likeness (QED) is 0.704. The van der Waals surface area contributed by atoms with E-state index in [1.54, 1.807) is 12.5 Å². The van der Waals surface area contributed by atoms with Gasteiger partial charge in [0.2, 0.25) is 11.6 Å². The summed E-state index contributed by atoms with van der Waals surface area (Å²) in [4.78, 5) is 11.9. The summed E-state index contributed by atoms with van der Waals surface area (Å²) in [5.74, 6) is 0.531. The van der Waals surface area contributed by atoms with Gasteiger partial charge in [0.05, 0.1) is 0 Å². The summed E-state index contributed by atoms with van der Waals surface area (Å²) < 4.78 is 5.48. The summed E-state index contributed by atoms with van der Waals surface area (Å²) in [5, 5.41) is 0. The molecule has 0 radical (unpaired) electrons. The van der Waals surface area contributed by atoms with Crippen molar-refractivity contribution in [2.75, 3.05) is 0 Å². The van der Waals surface area contributed by atoms with Crippen LogP contribution in [-0.2, 0) is 0 Å². The fourth-order valence-electron chi connectivity index (χ4n) is 1.77. The first kappa shape index (κ1) is 11.6. The van der Waals surface area contributed by atoms with Crippen LogP contribution in [0, 0.1) is 13.8 Å². The lowest BCUT2D eigenvalue weighted by molar-refractivity contribution is -0.365. The highest BCUT2D eigenvalue weighted by atomic mass is 16.3. The molecule has 1 N–H and O–H groups in total. The van der Waals surface area contributed by atoms with Gasteiger partial charge in [-0.15, -0.1) is 0 Å². The van der Waals surface area contributed by atoms with Crippen LogP contribution in [-0.4, -0.2) is 9.97 Å². The normalized spacial score (nSPS) is 10.6. The molecule has 19 heavy (non-hydrogen) atoms. The molecule has 0 aliphatic rings. The Bertz CT molecular complexity index is 624. The van der Waals surface area contributed by atoms with E-state index in [0.29, 0.717) is 5.89 Å². The van der Waals surface area contributed by atoms with Gasteiger partial charge < -0.3 is 4.42 Å². The molecule has 3 rings (SSSR count). The van der Waals surface area contributed by atoms with Crippen LogP contribution < -0.4 is 4.98 Å². The van der Waals surface area contributed by atoms with Gasteiger partial charge in [-0.1, -0.05) is 6.07 Å². The predicted octanol–water partition coefficient (Wildman–Crippen LogP) is 2.83. The zero-order chi connectivity index (χ0) is 13.2. The number of pyridine rings is 2. The van der Waals surface area contributed by atoms with Crippen molar-refractivity contribution in [3.63, 3.8) is 0 Å². The molecule has 0 saturated carbocycles. The smallest absolute Gasteiger partial charge is 0.245 e. The molecule has 0 amide bonds. The van der Waals surface area contributed by atoms with E-state index >= 15 is 0 Å². The van der Waals surface area contributed by atoms with Crippen LogP contribution in [0.25, 0.3) is 23.0 Å². The van der Waals surface area contributed by atoms with Crippen LogP contribution in [0.2, 0.25) is 0 Å². The number of aromatic nitrogens is 3. The number of oxazole rings is 1. The van der Waals surface area contributed by atoms with E-state index in [1.165, 1.54) is 5.56 Å². The molecule has 0 aromatic carbocycles. The van der Waals surface area contributed by atoms with Gasteiger partial charge >= 0.3 is 0 Å². The van der Waals surface area contributed by atoms with E-state index in [4.69, 9.17) is 4.42 Å². The predicted molar refractivity (Wildman–Crippen MR) is 71.2 cm³/mol. The first-order chi connectivity index (χ1) is 9.22. The Kier molecular flexibility index (Phi) is 2.83. The van der Waals surface area contributed by atoms with Crippen molar-refractivity contribution in [1.29, 1.82) is 0 Å². The van der Waals surface area contributed by atoms with Gasteiger partial charge in [0, 0.05) is 17.8 Å². The lowest BCUT2D eigenvalue weighted by Crippen LogP contribution is -2.06. The van der Waals surface area contributed by atoms with Crippen molar-refractivity contribution in [3.05, 3.63) is 54.0 Å². The molecule has 0 bridgehead atoms. The Morgan fingerprint density at radius 1 is 1.00 bits per heavy atom. The van der Waals surface area contributed by atoms with Crippen LogP contribution in [0.15, 0.2) is 47.3 Å². The highest BCUT2D eigenvalue weighted by Crippen LogP contribution is 2.20. The number of hydrogen-bond acceptors (Lipinski definition) is 3. The van der Waals surface area contributed by atoms with Gasteiger partial charge in [0.15, 0.2) is 11.9 Å². The van der Waals surface area contributed by atoms with Crippen molar-refractivity contribution in [2.45, 2.75) is 13.8 Å². The van der Waals surface area contributed by atoms with Crippen LogP contribution in [0.3, 0.4) is 0 Å². The molecule has 0 aliphatic heterocycles. The van der Waals surface area contributed by atoms with Crippen LogP contribution in [0.5, 0.6) is 0 Å². The number of H-pyrrole nitrogens is 1. The fourth-order valence-corrected chi connectivity index (χ4v) is 1.77. The third-order valence-electron chi connectivity index (χ3n) is 2.88. The fraction of sp³-hybridized carbons (Fsp3) is 0.133. The van der Waals surface area contributed by atoms with Gasteiger partial charge in [-0.25, -0.2) is 9.97 Å². The number of aromatic amines is 1. The molecule has 3 aromatic rings. The molecular weight excluding hydrogens is 238 g/mol. The third kappa shape index (κ3) is 2.38. The van der Waals surface area contributed by atoms with Crippen LogP contribution >= 0.6 is 0 Å². The van der Waals surface area contributed by atoms with E-state index in [1.807, 2.05) is 44.3 Å². The zero-order valence-corrected chi connectivity index (χ0v) is 10.8. The lowest BCUT2D eigenvalue weighted by Gasteiger charge is -1.94. The standard InChI is InChI=1S/C15H13N3O/c1-10-3-5-12(16-7-10)14-9-19-15(18-14)13-6-4-11(2)8-17-13/h3-9H,1-2H3/p+1. The van der Waals surface area contributed by atoms with Crippen molar-refractivity contribution >= 4 is 0 Å². The molecule has 0 atom stereocenters. The molecule has 3 heterocycles. The molecular formula is C15H14N3O+. The summed E-state index contributed by atoms with van der Waals surface area (Å²) in [7, 11) is 0. The van der Waals surface area contributed by atoms with E-state index in [-0.39, 0.29) is 0 Å². The van der Waals surface area contributed by atoms with E-state index in [0.717, 1.165) is 22.6 Å². The second kappa shape index (κ2) is 4.65. The second-order valence-electron chi connectivity index (χ2n) is 4.54. The van der Waals surface area contributed by atoms with Crippen molar-refractivity contribution in [2.24, 2.45) is 0 Å². The van der Waals surface area contributed by atoms with Crippen molar-refractivity contribution in [3.8, 4) is 23.0 Å². The van der Waals surface area contributed by atoms with E-state index < -0.39 is 0 Å². The highest BCUT2D eigenvalue weighted by molar-refractivity contribution is 5.55. The van der Waals surface area contributed by atoms with Gasteiger partial charge in [0.25, 0.3) is 0 Å². The highest BCUT2D eigenvalue weighted by Gasteiger charge is 2.13. The second-order valence-corrected chi connectivity index (χ2v) is 4.54. The summed E-state index contributed by atoms with van der Waals surface area (Å²) in [6.07, 6.45) is 5.38. The maximum atomic E-state index is 5.48. The first-order valence-corrected chi connectivity index (χ1v) is 6.09. The average molecular weight is 252 g/mol. The Balaban J connectivity index is 1.95. The largest absolute Gasteiger partial charge is 0.442 e. The summed E-state index contributed by atoms with van der Waals surface area (Å²) in [6, 6.07) is 7.91. The zero-order valence-electron chi connectivity index (χ0n) is 10.8. The number of nitrogens with zero attached hydrogens (tertiary/aromatic N) is 2.